The molecule has 5 aromatic carbocycles. The lowest BCUT2D eigenvalue weighted by molar-refractivity contribution is -0.660. The molecule has 6 aromatic rings. The highest BCUT2D eigenvalue weighted by atomic mass is 14.9. The maximum absolute atomic E-state index is 10.3. The van der Waals surface area contributed by atoms with E-state index in [-0.39, 0.29) is 5.56 Å². The van der Waals surface area contributed by atoms with Gasteiger partial charge in [0.2, 0.25) is 5.69 Å². The Balaban J connectivity index is 1.38. The number of hydrogen-bond acceptors (Lipinski definition) is 0. The molecule has 0 saturated carbocycles. The van der Waals surface area contributed by atoms with Crippen LogP contribution in [0, 0.1) is 13.8 Å². The Morgan fingerprint density at radius 1 is 0.537 bits per heavy atom. The molecule has 41 heavy (non-hydrogen) atoms. The van der Waals surface area contributed by atoms with Gasteiger partial charge in [0, 0.05) is 35.8 Å². The summed E-state index contributed by atoms with van der Waals surface area (Å²) in [5, 5.41) is 0. The molecule has 3 aliphatic carbocycles. The zero-order valence-electron chi connectivity index (χ0n) is 28.1. The molecule has 0 fully saturated rings. The molecule has 2 bridgehead atoms. The minimum Gasteiger partial charge on any atom is -0.201 e. The van der Waals surface area contributed by atoms with Crippen molar-refractivity contribution in [3.8, 4) is 33.5 Å². The summed E-state index contributed by atoms with van der Waals surface area (Å²) in [5.74, 6) is -2.50. The monoisotopic (exact) mass is 531 g/mol. The molecule has 1 nitrogen and oxygen atoms in total. The van der Waals surface area contributed by atoms with Gasteiger partial charge >= 0.3 is 0 Å². The Hall–Kier alpha value is -4.75. The van der Waals surface area contributed by atoms with E-state index in [0.29, 0.717) is 5.56 Å². The standard InChI is InChI=1S/C40H32N/c1-25-11-7-8-14-30(25)38-23-35(26(2)24-41(38)3)29-18-20-34-37(22-29)40-32-16-10-9-15-31(32)39(34)36-21-28(17-19-33(36)40)27-12-5-4-6-13-27/h4-24,39-40H,1-3H3/q+1/i2D3,39D,40D. The fraction of sp³-hybridized carbons (Fsp3) is 0.125. The van der Waals surface area contributed by atoms with Crippen molar-refractivity contribution >= 4 is 0 Å². The van der Waals surface area contributed by atoms with Crippen LogP contribution >= 0.6 is 0 Å². The van der Waals surface area contributed by atoms with Crippen LogP contribution in [0.2, 0.25) is 0 Å². The molecule has 3 aliphatic rings. The maximum atomic E-state index is 10.3. The molecule has 0 aliphatic heterocycles. The summed E-state index contributed by atoms with van der Waals surface area (Å²) in [6.07, 6.45) is 1.72. The zero-order chi connectivity index (χ0) is 32.0. The maximum Gasteiger partial charge on any atom is 0.213 e. The second kappa shape index (κ2) is 9.14. The van der Waals surface area contributed by atoms with Crippen LogP contribution < -0.4 is 4.57 Å². The van der Waals surface area contributed by atoms with Gasteiger partial charge in [0.25, 0.3) is 0 Å². The molecular weight excluding hydrogens is 494 g/mol. The van der Waals surface area contributed by atoms with Crippen molar-refractivity contribution in [2.75, 3.05) is 0 Å². The van der Waals surface area contributed by atoms with E-state index in [1.165, 1.54) is 0 Å². The van der Waals surface area contributed by atoms with E-state index in [0.717, 1.165) is 66.9 Å². The van der Waals surface area contributed by atoms with E-state index in [1.54, 1.807) is 6.20 Å². The molecule has 1 aromatic heterocycles. The Morgan fingerprint density at radius 2 is 1.12 bits per heavy atom. The van der Waals surface area contributed by atoms with Crippen LogP contribution in [0.15, 0.2) is 128 Å². The van der Waals surface area contributed by atoms with Gasteiger partial charge in [-0.05, 0) is 93.2 Å². The first-order valence-electron chi connectivity index (χ1n) is 16.6. The van der Waals surface area contributed by atoms with Gasteiger partial charge in [0.15, 0.2) is 6.20 Å². The summed E-state index contributed by atoms with van der Waals surface area (Å²) in [6, 6.07) is 40.1. The van der Waals surface area contributed by atoms with Crippen LogP contribution in [0.5, 0.6) is 0 Å². The van der Waals surface area contributed by atoms with Gasteiger partial charge in [0.05, 0.1) is 0 Å². The third kappa shape index (κ3) is 3.66. The SMILES string of the molecule is [2H]C([2H])([2H])c1c[n+](C)c(-c2ccccc2C)cc1-c1ccc2c(c1)C1([2H])c3ccccc3C2([2H])c2cc(-c3ccccc3)ccc21. The Kier molecular flexibility index (Phi) is 4.31. The van der Waals surface area contributed by atoms with Gasteiger partial charge in [-0.2, -0.15) is 0 Å². The third-order valence-electron chi connectivity index (χ3n) is 8.70. The van der Waals surface area contributed by atoms with Crippen LogP contribution in [0.4, 0.5) is 0 Å². The normalized spacial score (nSPS) is 21.9. The highest BCUT2D eigenvalue weighted by Gasteiger charge is 2.41. The van der Waals surface area contributed by atoms with Crippen molar-refractivity contribution in [3.05, 3.63) is 172 Å². The van der Waals surface area contributed by atoms with E-state index in [4.69, 9.17) is 4.11 Å². The molecule has 0 saturated heterocycles. The van der Waals surface area contributed by atoms with Gasteiger partial charge in [-0.15, -0.1) is 0 Å². The van der Waals surface area contributed by atoms with Crippen molar-refractivity contribution in [3.63, 3.8) is 0 Å². The van der Waals surface area contributed by atoms with E-state index in [2.05, 4.69) is 43.3 Å². The summed E-state index contributed by atoms with van der Waals surface area (Å²) in [4.78, 5) is 0. The average molecular weight is 532 g/mol. The fourth-order valence-electron chi connectivity index (χ4n) is 6.72. The summed E-state index contributed by atoms with van der Waals surface area (Å²) >= 11 is 0. The zero-order valence-corrected chi connectivity index (χ0v) is 23.1. The van der Waals surface area contributed by atoms with Crippen molar-refractivity contribution in [1.29, 1.82) is 0 Å². The Bertz CT molecular complexity index is 2200. The highest BCUT2D eigenvalue weighted by Crippen LogP contribution is 2.56. The third-order valence-corrected chi connectivity index (χ3v) is 8.70. The first-order valence-corrected chi connectivity index (χ1v) is 14.1. The molecule has 196 valence electrons. The van der Waals surface area contributed by atoms with Crippen LogP contribution in [0.3, 0.4) is 0 Å². The molecule has 0 spiro atoms. The number of benzene rings is 5. The summed E-state index contributed by atoms with van der Waals surface area (Å²) in [6.45, 7) is -0.299. The van der Waals surface area contributed by atoms with Crippen LogP contribution in [0.25, 0.3) is 33.5 Å². The molecule has 1 heterocycles. The number of aromatic nitrogens is 1. The van der Waals surface area contributed by atoms with Crippen molar-refractivity contribution < 1.29 is 11.4 Å². The first-order chi connectivity index (χ1) is 22.0. The lowest BCUT2D eigenvalue weighted by atomic mass is 9.60. The minimum absolute atomic E-state index is 0.251. The van der Waals surface area contributed by atoms with Crippen molar-refractivity contribution in [2.45, 2.75) is 25.6 Å². The van der Waals surface area contributed by atoms with Gasteiger partial charge in [-0.1, -0.05) is 97.1 Å². The average Bonchev–Trinajstić information content (AvgIpc) is 3.06. The molecule has 2 unspecified atom stereocenters. The largest absolute Gasteiger partial charge is 0.213 e. The lowest BCUT2D eigenvalue weighted by Crippen LogP contribution is -2.31. The quantitative estimate of drug-likeness (QED) is 0.201. The topological polar surface area (TPSA) is 3.88 Å². The van der Waals surface area contributed by atoms with Crippen molar-refractivity contribution in [2.24, 2.45) is 7.05 Å². The summed E-state index contributed by atoms with van der Waals surface area (Å²) in [5.41, 5.74) is 11.4. The number of pyridine rings is 1. The van der Waals surface area contributed by atoms with Gasteiger partial charge in [0.1, 0.15) is 7.05 Å². The fourth-order valence-corrected chi connectivity index (χ4v) is 6.72. The van der Waals surface area contributed by atoms with E-state index in [1.807, 2.05) is 96.5 Å². The predicted octanol–water partition coefficient (Wildman–Crippen LogP) is 9.12. The molecule has 0 radical (unpaired) electrons. The Labute approximate surface area is 249 Å². The van der Waals surface area contributed by atoms with Crippen LogP contribution in [-0.4, -0.2) is 0 Å². The van der Waals surface area contributed by atoms with Crippen molar-refractivity contribution in [1.82, 2.24) is 0 Å². The summed E-state index contributed by atoms with van der Waals surface area (Å²) < 4.78 is 47.8. The van der Waals surface area contributed by atoms with Crippen LogP contribution in [0.1, 0.15) is 63.1 Å². The molecule has 9 rings (SSSR count). The molecule has 2 atom stereocenters. The number of rotatable bonds is 3. The van der Waals surface area contributed by atoms with Gasteiger partial charge in [-0.3, -0.25) is 0 Å². The van der Waals surface area contributed by atoms with Gasteiger partial charge in [-0.25, -0.2) is 4.57 Å². The second-order valence-corrected chi connectivity index (χ2v) is 11.1. The predicted molar refractivity (Wildman–Crippen MR) is 168 cm³/mol. The molecular formula is C40H32N+. The molecule has 0 N–H and O–H groups in total. The van der Waals surface area contributed by atoms with E-state index in [9.17, 15) is 2.74 Å². The van der Waals surface area contributed by atoms with Crippen LogP contribution in [-0.2, 0) is 7.05 Å². The number of nitrogens with zero attached hydrogens (tertiary/aromatic N) is 1. The second-order valence-electron chi connectivity index (χ2n) is 11.1. The lowest BCUT2D eigenvalue weighted by Gasteiger charge is -2.42. The number of aryl methyl sites for hydroxylation is 3. The number of hydrogen-bond donors (Lipinski definition) is 0. The van der Waals surface area contributed by atoms with Gasteiger partial charge < -0.3 is 0 Å². The summed E-state index contributed by atoms with van der Waals surface area (Å²) in [7, 11) is 1.88. The minimum atomic E-state index is -2.35. The first kappa shape index (κ1) is 19.3. The molecule has 1 heteroatoms. The molecule has 0 amide bonds. The van der Waals surface area contributed by atoms with E-state index >= 15 is 0 Å². The Morgan fingerprint density at radius 3 is 1.80 bits per heavy atom. The highest BCUT2D eigenvalue weighted by molar-refractivity contribution is 5.78. The smallest absolute Gasteiger partial charge is 0.201 e. The van der Waals surface area contributed by atoms with E-state index < -0.39 is 18.6 Å².